The molecule has 1 aromatic rings. The second kappa shape index (κ2) is 5.53. The van der Waals surface area contributed by atoms with E-state index in [1.807, 2.05) is 11.0 Å². The summed E-state index contributed by atoms with van der Waals surface area (Å²) in [5, 5.41) is 0. The summed E-state index contributed by atoms with van der Waals surface area (Å²) in [5.74, 6) is 0.189. The zero-order chi connectivity index (χ0) is 14.3. The smallest absolute Gasteiger partial charge is 0.270 e. The van der Waals surface area contributed by atoms with E-state index in [0.29, 0.717) is 12.1 Å². The predicted octanol–water partition coefficient (Wildman–Crippen LogP) is 2.75. The van der Waals surface area contributed by atoms with Gasteiger partial charge in [-0.2, -0.15) is 0 Å². The average molecular weight is 340 g/mol. The summed E-state index contributed by atoms with van der Waals surface area (Å²) in [7, 11) is 4.20. The molecular formula is C15H22BrN3O. The molecule has 0 N–H and O–H groups in total. The second-order valence-corrected chi connectivity index (χ2v) is 7.11. The van der Waals surface area contributed by atoms with Crippen LogP contribution < -0.4 is 0 Å². The van der Waals surface area contributed by atoms with Gasteiger partial charge in [-0.05, 0) is 61.8 Å². The number of amides is 1. The number of hydrogen-bond donors (Lipinski definition) is 0. The molecule has 0 aromatic carbocycles. The van der Waals surface area contributed by atoms with E-state index in [4.69, 9.17) is 0 Å². The second-order valence-electron chi connectivity index (χ2n) is 6.19. The Morgan fingerprint density at radius 3 is 2.75 bits per heavy atom. The molecule has 4 nitrogen and oxygen atoms in total. The monoisotopic (exact) mass is 339 g/mol. The van der Waals surface area contributed by atoms with E-state index in [-0.39, 0.29) is 5.91 Å². The van der Waals surface area contributed by atoms with Crippen molar-refractivity contribution in [1.82, 2.24) is 14.4 Å². The number of aromatic nitrogens is 1. The summed E-state index contributed by atoms with van der Waals surface area (Å²) in [6.45, 7) is 1.73. The number of rotatable bonds is 3. The Labute approximate surface area is 128 Å². The molecule has 0 bridgehead atoms. The van der Waals surface area contributed by atoms with Crippen molar-refractivity contribution in [1.29, 1.82) is 0 Å². The van der Waals surface area contributed by atoms with Crippen molar-refractivity contribution in [2.24, 2.45) is 0 Å². The number of likely N-dealkylation sites (tertiary alicyclic amines) is 1. The van der Waals surface area contributed by atoms with Crippen molar-refractivity contribution in [3.05, 3.63) is 22.4 Å². The third-order valence-corrected chi connectivity index (χ3v) is 4.82. The van der Waals surface area contributed by atoms with E-state index in [1.165, 1.54) is 19.3 Å². The summed E-state index contributed by atoms with van der Waals surface area (Å²) in [6, 6.07) is 3.00. The fourth-order valence-electron chi connectivity index (χ4n) is 2.99. The molecule has 20 heavy (non-hydrogen) atoms. The third kappa shape index (κ3) is 2.79. The Morgan fingerprint density at radius 2 is 2.10 bits per heavy atom. The van der Waals surface area contributed by atoms with Gasteiger partial charge < -0.3 is 14.4 Å². The van der Waals surface area contributed by atoms with E-state index in [0.717, 1.165) is 29.7 Å². The van der Waals surface area contributed by atoms with Crippen LogP contribution in [0.25, 0.3) is 0 Å². The summed E-state index contributed by atoms with van der Waals surface area (Å²) in [5.41, 5.74) is 0.846. The Hall–Kier alpha value is -0.810. The molecule has 110 valence electrons. The van der Waals surface area contributed by atoms with Gasteiger partial charge in [0.15, 0.2) is 0 Å². The zero-order valence-corrected chi connectivity index (χ0v) is 13.8. The minimum atomic E-state index is 0.189. The van der Waals surface area contributed by atoms with Crippen molar-refractivity contribution in [2.75, 3.05) is 27.2 Å². The maximum atomic E-state index is 12.8. The maximum absolute atomic E-state index is 12.8. The molecule has 1 atom stereocenters. The van der Waals surface area contributed by atoms with Crippen LogP contribution in [0.15, 0.2) is 16.7 Å². The lowest BCUT2D eigenvalue weighted by atomic mass is 10.0. The summed E-state index contributed by atoms with van der Waals surface area (Å²) >= 11 is 3.51. The normalized spacial score (nSPS) is 23.4. The average Bonchev–Trinajstić information content (AvgIpc) is 3.21. The van der Waals surface area contributed by atoms with Gasteiger partial charge in [0.2, 0.25) is 0 Å². The quantitative estimate of drug-likeness (QED) is 0.847. The van der Waals surface area contributed by atoms with Crippen LogP contribution in [0.2, 0.25) is 0 Å². The third-order valence-electron chi connectivity index (χ3n) is 4.39. The van der Waals surface area contributed by atoms with Gasteiger partial charge in [0.05, 0.1) is 0 Å². The first-order chi connectivity index (χ1) is 9.56. The number of halogens is 1. The van der Waals surface area contributed by atoms with Crippen molar-refractivity contribution in [3.8, 4) is 0 Å². The van der Waals surface area contributed by atoms with Crippen LogP contribution in [0, 0.1) is 0 Å². The Morgan fingerprint density at radius 1 is 1.35 bits per heavy atom. The molecule has 2 heterocycles. The van der Waals surface area contributed by atoms with Gasteiger partial charge in [0, 0.05) is 35.8 Å². The van der Waals surface area contributed by atoms with Crippen molar-refractivity contribution < 1.29 is 4.79 Å². The molecule has 1 unspecified atom stereocenters. The highest BCUT2D eigenvalue weighted by atomic mass is 79.9. The molecule has 1 saturated carbocycles. The maximum Gasteiger partial charge on any atom is 0.270 e. The Bertz CT molecular complexity index is 507. The topological polar surface area (TPSA) is 28.5 Å². The molecule has 0 spiro atoms. The van der Waals surface area contributed by atoms with Gasteiger partial charge in [0.1, 0.15) is 5.69 Å². The summed E-state index contributed by atoms with van der Waals surface area (Å²) < 4.78 is 3.17. The van der Waals surface area contributed by atoms with E-state index in [9.17, 15) is 4.79 Å². The number of piperidine rings is 1. The van der Waals surface area contributed by atoms with Crippen molar-refractivity contribution >= 4 is 21.8 Å². The first-order valence-corrected chi connectivity index (χ1v) is 8.18. The number of likely N-dealkylation sites (N-methyl/N-ethyl adjacent to an activating group) is 1. The lowest BCUT2D eigenvalue weighted by Gasteiger charge is -2.36. The lowest BCUT2D eigenvalue weighted by Crippen LogP contribution is -2.47. The number of carbonyl (C=O) groups is 1. The molecule has 1 aromatic heterocycles. The lowest BCUT2D eigenvalue weighted by molar-refractivity contribution is 0.0624. The highest BCUT2D eigenvalue weighted by Gasteiger charge is 2.31. The van der Waals surface area contributed by atoms with Gasteiger partial charge in [-0.15, -0.1) is 0 Å². The van der Waals surface area contributed by atoms with Crippen LogP contribution in [0.5, 0.6) is 0 Å². The van der Waals surface area contributed by atoms with E-state index >= 15 is 0 Å². The van der Waals surface area contributed by atoms with Crippen molar-refractivity contribution in [2.45, 2.75) is 37.8 Å². The van der Waals surface area contributed by atoms with Gasteiger partial charge in [-0.3, -0.25) is 4.79 Å². The predicted molar refractivity (Wildman–Crippen MR) is 83.0 cm³/mol. The SMILES string of the molecule is CN(C)C1CCCN(C(=O)c2cc(Br)cn2C2CC2)C1. The molecule has 1 aliphatic heterocycles. The van der Waals surface area contributed by atoms with Crippen LogP contribution in [0.3, 0.4) is 0 Å². The molecule has 1 aliphatic carbocycles. The van der Waals surface area contributed by atoms with E-state index in [2.05, 4.69) is 45.7 Å². The summed E-state index contributed by atoms with van der Waals surface area (Å²) in [6.07, 6.45) is 6.73. The highest BCUT2D eigenvalue weighted by molar-refractivity contribution is 9.10. The first-order valence-electron chi connectivity index (χ1n) is 7.39. The molecule has 1 saturated heterocycles. The van der Waals surface area contributed by atoms with Gasteiger partial charge in [-0.25, -0.2) is 0 Å². The van der Waals surface area contributed by atoms with Crippen LogP contribution in [-0.4, -0.2) is 53.5 Å². The molecule has 3 rings (SSSR count). The minimum Gasteiger partial charge on any atom is -0.339 e. The minimum absolute atomic E-state index is 0.189. The number of carbonyl (C=O) groups excluding carboxylic acids is 1. The molecule has 1 amide bonds. The first kappa shape index (κ1) is 14.1. The molecule has 5 heteroatoms. The van der Waals surface area contributed by atoms with E-state index in [1.54, 1.807) is 0 Å². The molecular weight excluding hydrogens is 318 g/mol. The van der Waals surface area contributed by atoms with Gasteiger partial charge in [0.25, 0.3) is 5.91 Å². The fraction of sp³-hybridized carbons (Fsp3) is 0.667. The van der Waals surface area contributed by atoms with Crippen LogP contribution >= 0.6 is 15.9 Å². The number of hydrogen-bond acceptors (Lipinski definition) is 2. The fourth-order valence-corrected chi connectivity index (χ4v) is 3.43. The standard InChI is InChI=1S/C15H22BrN3O/c1-17(2)13-4-3-7-18(10-13)15(20)14-8-11(16)9-19(14)12-5-6-12/h8-9,12-13H,3-7,10H2,1-2H3. The van der Waals surface area contributed by atoms with Crippen LogP contribution in [0.4, 0.5) is 0 Å². The Balaban J connectivity index is 1.78. The summed E-state index contributed by atoms with van der Waals surface area (Å²) in [4.78, 5) is 17.1. The van der Waals surface area contributed by atoms with Crippen LogP contribution in [-0.2, 0) is 0 Å². The molecule has 2 aliphatic rings. The van der Waals surface area contributed by atoms with Crippen molar-refractivity contribution in [3.63, 3.8) is 0 Å². The van der Waals surface area contributed by atoms with Crippen LogP contribution in [0.1, 0.15) is 42.2 Å². The number of nitrogens with zero attached hydrogens (tertiary/aromatic N) is 3. The largest absolute Gasteiger partial charge is 0.339 e. The highest BCUT2D eigenvalue weighted by Crippen LogP contribution is 2.37. The molecule has 0 radical (unpaired) electrons. The van der Waals surface area contributed by atoms with Gasteiger partial charge in [-0.1, -0.05) is 0 Å². The zero-order valence-electron chi connectivity index (χ0n) is 12.2. The van der Waals surface area contributed by atoms with E-state index < -0.39 is 0 Å². The molecule has 2 fully saturated rings. The Kier molecular flexibility index (Phi) is 3.91. The van der Waals surface area contributed by atoms with Gasteiger partial charge >= 0.3 is 0 Å².